The van der Waals surface area contributed by atoms with Crippen LogP contribution in [0.1, 0.15) is 33.4 Å². The Balaban J connectivity index is 0.000000175. The fraction of sp³-hybridized carbons (Fsp3) is 0.0400. The molecule has 0 spiro atoms. The van der Waals surface area contributed by atoms with Gasteiger partial charge in [-0.25, -0.2) is 0 Å². The molecule has 7 heteroatoms. The predicted octanol–water partition coefficient (Wildman–Crippen LogP) is 13.4. The number of hydrogen-bond donors (Lipinski definition) is 0. The first-order valence-electron chi connectivity index (χ1n) is 18.6. The molecule has 8 aromatic carbocycles. The Kier molecular flexibility index (Phi) is 12.0. The predicted molar refractivity (Wildman–Crippen MR) is 227 cm³/mol. The van der Waals surface area contributed by atoms with Gasteiger partial charge >= 0.3 is 0 Å². The van der Waals surface area contributed by atoms with Gasteiger partial charge in [0, 0.05) is 12.1 Å². The van der Waals surface area contributed by atoms with Gasteiger partial charge in [0.15, 0.2) is 11.1 Å². The number of hydrogen-bond acceptors (Lipinski definition) is 6. The average Bonchev–Trinajstić information content (AvgIpc) is 3.30. The van der Waals surface area contributed by atoms with Gasteiger partial charge in [0.25, 0.3) is 5.69 Å². The van der Waals surface area contributed by atoms with Gasteiger partial charge in [-0.2, -0.15) is 20.5 Å². The summed E-state index contributed by atoms with van der Waals surface area (Å²) < 4.78 is 0. The molecule has 0 N–H and O–H groups in total. The van der Waals surface area contributed by atoms with E-state index in [0.717, 1.165) is 39.1 Å². The van der Waals surface area contributed by atoms with E-state index in [1.54, 1.807) is 12.1 Å². The van der Waals surface area contributed by atoms with Gasteiger partial charge in [0.05, 0.1) is 16.3 Å². The quantitative estimate of drug-likeness (QED) is 0.0571. The highest BCUT2D eigenvalue weighted by Crippen LogP contribution is 2.43. The second kappa shape index (κ2) is 18.1. The van der Waals surface area contributed by atoms with Crippen molar-refractivity contribution in [2.75, 3.05) is 0 Å². The molecule has 0 unspecified atom stereocenters. The third kappa shape index (κ3) is 8.53. The van der Waals surface area contributed by atoms with E-state index in [1.807, 2.05) is 176 Å². The van der Waals surface area contributed by atoms with Gasteiger partial charge in [-0.3, -0.25) is 10.1 Å². The molecule has 0 bridgehead atoms. The molecular formula is C50H39N5O2. The third-order valence-corrected chi connectivity index (χ3v) is 9.60. The molecule has 8 rings (SSSR count). The van der Waals surface area contributed by atoms with Gasteiger partial charge in [-0.15, -0.1) is 0 Å². The molecule has 0 atom stereocenters. The molecule has 8 aromatic rings. The zero-order chi connectivity index (χ0) is 39.2. The van der Waals surface area contributed by atoms with Crippen LogP contribution in [0, 0.1) is 10.1 Å². The molecule has 57 heavy (non-hydrogen) atoms. The number of nitrogens with zero attached hydrogens (tertiary/aromatic N) is 5. The monoisotopic (exact) mass is 741 g/mol. The molecule has 276 valence electrons. The van der Waals surface area contributed by atoms with Crippen molar-refractivity contribution in [3.05, 3.63) is 280 Å². The Morgan fingerprint density at radius 1 is 0.316 bits per heavy atom. The van der Waals surface area contributed by atoms with Gasteiger partial charge in [0.1, 0.15) is 0 Å². The van der Waals surface area contributed by atoms with E-state index in [0.29, 0.717) is 5.69 Å². The number of rotatable bonds is 11. The van der Waals surface area contributed by atoms with Crippen LogP contribution in [0.2, 0.25) is 0 Å². The largest absolute Gasteiger partial charge is 0.269 e. The Morgan fingerprint density at radius 2 is 0.544 bits per heavy atom. The van der Waals surface area contributed by atoms with Crippen LogP contribution in [0.3, 0.4) is 0 Å². The Labute approximate surface area is 332 Å². The summed E-state index contributed by atoms with van der Waals surface area (Å²) in [5, 5.41) is 29.9. The second-order valence-electron chi connectivity index (χ2n) is 13.1. The van der Waals surface area contributed by atoms with Gasteiger partial charge in [0.2, 0.25) is 0 Å². The summed E-state index contributed by atoms with van der Waals surface area (Å²) in [4.78, 5) is 10.5. The molecule has 0 fully saturated rings. The SMILES string of the molecule is O=[N+]([O-])c1ccc(/N=N/C(c2ccccc2)(c2ccccc2)c2ccccc2)cc1.c1ccc(/N=N/C(c2ccccc2)(c2ccccc2)c2ccccc2)cc1. The van der Waals surface area contributed by atoms with Gasteiger partial charge in [-0.1, -0.05) is 200 Å². The molecule has 7 nitrogen and oxygen atoms in total. The van der Waals surface area contributed by atoms with Crippen molar-refractivity contribution in [3.63, 3.8) is 0 Å². The van der Waals surface area contributed by atoms with Crippen molar-refractivity contribution in [2.45, 2.75) is 11.1 Å². The fourth-order valence-corrected chi connectivity index (χ4v) is 6.82. The molecule has 0 aliphatic rings. The summed E-state index contributed by atoms with van der Waals surface area (Å²) in [6.07, 6.45) is 0. The van der Waals surface area contributed by atoms with Crippen LogP contribution >= 0.6 is 0 Å². The van der Waals surface area contributed by atoms with Crippen LogP contribution in [0.4, 0.5) is 17.1 Å². The van der Waals surface area contributed by atoms with Gasteiger partial charge < -0.3 is 0 Å². The maximum atomic E-state index is 10.9. The number of non-ortho nitro benzene ring substituents is 1. The minimum Gasteiger partial charge on any atom is -0.258 e. The summed E-state index contributed by atoms with van der Waals surface area (Å²) in [6.45, 7) is 0. The normalized spacial score (nSPS) is 11.5. The zero-order valence-electron chi connectivity index (χ0n) is 31.1. The standard InChI is InChI=1S/C25H19N3O2.C25H20N2/c29-28(30)24-18-16-23(17-19-24)26-27-25(20-10-4-1-5-11-20,21-12-6-2-7-13-21)22-14-8-3-9-15-22;1-5-13-21(14-6-1)25(22-15-7-2-8-16-22,23-17-9-3-10-18-23)27-26-24-19-11-4-12-20-24/h1-19H;1-20H/b2*27-26+. The van der Waals surface area contributed by atoms with Crippen LogP contribution < -0.4 is 0 Å². The minimum atomic E-state index is -0.856. The van der Waals surface area contributed by atoms with Crippen molar-refractivity contribution in [2.24, 2.45) is 20.5 Å². The van der Waals surface area contributed by atoms with Crippen LogP contribution in [0.15, 0.2) is 257 Å². The Morgan fingerprint density at radius 3 is 0.789 bits per heavy atom. The number of benzene rings is 8. The van der Waals surface area contributed by atoms with E-state index >= 15 is 0 Å². The molecule has 0 aliphatic carbocycles. The first kappa shape index (κ1) is 37.7. The van der Waals surface area contributed by atoms with Crippen molar-refractivity contribution >= 4 is 17.1 Å². The van der Waals surface area contributed by atoms with E-state index < -0.39 is 16.0 Å². The topological polar surface area (TPSA) is 92.6 Å². The highest BCUT2D eigenvalue weighted by molar-refractivity contribution is 5.52. The smallest absolute Gasteiger partial charge is 0.258 e. The Bertz CT molecular complexity index is 2310. The third-order valence-electron chi connectivity index (χ3n) is 9.60. The fourth-order valence-electron chi connectivity index (χ4n) is 6.82. The zero-order valence-corrected chi connectivity index (χ0v) is 31.1. The van der Waals surface area contributed by atoms with Crippen LogP contribution in [-0.2, 0) is 11.1 Å². The van der Waals surface area contributed by atoms with E-state index in [-0.39, 0.29) is 5.69 Å². The van der Waals surface area contributed by atoms with Crippen molar-refractivity contribution < 1.29 is 4.92 Å². The first-order chi connectivity index (χ1) is 28.1. The summed E-state index contributed by atoms with van der Waals surface area (Å²) in [6, 6.07) is 77.0. The number of nitro groups is 1. The maximum Gasteiger partial charge on any atom is 0.269 e. The highest BCUT2D eigenvalue weighted by atomic mass is 16.6. The molecule has 0 amide bonds. The molecule has 0 radical (unpaired) electrons. The average molecular weight is 742 g/mol. The molecule has 0 saturated carbocycles. The van der Waals surface area contributed by atoms with Crippen LogP contribution in [-0.4, -0.2) is 4.92 Å². The Hall–Kier alpha value is -7.64. The minimum absolute atomic E-state index is 0.0226. The second-order valence-corrected chi connectivity index (χ2v) is 13.1. The number of nitro benzene ring substituents is 1. The van der Waals surface area contributed by atoms with E-state index in [2.05, 4.69) is 46.6 Å². The lowest BCUT2D eigenvalue weighted by molar-refractivity contribution is -0.384. The van der Waals surface area contributed by atoms with Crippen molar-refractivity contribution in [1.82, 2.24) is 0 Å². The summed E-state index contributed by atoms with van der Waals surface area (Å²) in [5.74, 6) is 0. The molecule has 0 saturated heterocycles. The van der Waals surface area contributed by atoms with Crippen LogP contribution in [0.5, 0.6) is 0 Å². The van der Waals surface area contributed by atoms with Gasteiger partial charge in [-0.05, 0) is 57.6 Å². The van der Waals surface area contributed by atoms with E-state index in [4.69, 9.17) is 10.2 Å². The molecule has 0 aromatic heterocycles. The molecular weight excluding hydrogens is 703 g/mol. The first-order valence-corrected chi connectivity index (χ1v) is 18.6. The summed E-state index contributed by atoms with van der Waals surface area (Å²) in [7, 11) is 0. The summed E-state index contributed by atoms with van der Waals surface area (Å²) in [5.41, 5.74) is 6.04. The van der Waals surface area contributed by atoms with Crippen molar-refractivity contribution in [1.29, 1.82) is 0 Å². The molecule has 0 heterocycles. The van der Waals surface area contributed by atoms with E-state index in [9.17, 15) is 10.1 Å². The lowest BCUT2D eigenvalue weighted by atomic mass is 9.78. The lowest BCUT2D eigenvalue weighted by Crippen LogP contribution is -2.26. The lowest BCUT2D eigenvalue weighted by Gasteiger charge is -2.30. The number of azo groups is 2. The summed E-state index contributed by atoms with van der Waals surface area (Å²) >= 11 is 0. The van der Waals surface area contributed by atoms with Crippen molar-refractivity contribution in [3.8, 4) is 0 Å². The van der Waals surface area contributed by atoms with E-state index in [1.165, 1.54) is 12.1 Å². The maximum absolute atomic E-state index is 10.9. The molecule has 0 aliphatic heterocycles. The highest BCUT2D eigenvalue weighted by Gasteiger charge is 2.38. The van der Waals surface area contributed by atoms with Crippen LogP contribution in [0.25, 0.3) is 0 Å².